The van der Waals surface area contributed by atoms with Crippen molar-refractivity contribution in [3.05, 3.63) is 63.9 Å². The number of aromatic nitrogens is 3. The molecule has 0 bridgehead atoms. The van der Waals surface area contributed by atoms with Gasteiger partial charge >= 0.3 is 5.97 Å². The minimum atomic E-state index is -0.490. The third-order valence-corrected chi connectivity index (χ3v) is 5.66. The number of carbonyl (C=O) groups excluding carboxylic acids is 1. The highest BCUT2D eigenvalue weighted by Gasteiger charge is 2.35. The van der Waals surface area contributed by atoms with Crippen LogP contribution in [-0.2, 0) is 11.3 Å². The van der Waals surface area contributed by atoms with Crippen molar-refractivity contribution in [3.8, 4) is 17.2 Å². The fraction of sp³-hybridized carbons (Fsp3) is 0.286. The van der Waals surface area contributed by atoms with Crippen LogP contribution in [0.4, 0.5) is 0 Å². The summed E-state index contributed by atoms with van der Waals surface area (Å²) < 4.78 is 18.6. The second-order valence-electron chi connectivity index (χ2n) is 6.70. The Kier molecular flexibility index (Phi) is 5.53. The van der Waals surface area contributed by atoms with E-state index < -0.39 is 5.97 Å². The molecular weight excluding hydrogens is 438 g/mol. The lowest BCUT2D eigenvalue weighted by molar-refractivity contribution is 0.0463. The predicted molar refractivity (Wildman–Crippen MR) is 110 cm³/mol. The molecule has 2 aromatic carbocycles. The Bertz CT molecular complexity index is 1030. The first-order valence-electron chi connectivity index (χ1n) is 9.21. The first-order chi connectivity index (χ1) is 14.1. The van der Waals surface area contributed by atoms with Crippen molar-refractivity contribution in [2.75, 3.05) is 14.2 Å². The molecule has 0 N–H and O–H groups in total. The lowest BCUT2D eigenvalue weighted by Crippen LogP contribution is -2.10. The Morgan fingerprint density at radius 3 is 2.55 bits per heavy atom. The van der Waals surface area contributed by atoms with E-state index in [4.69, 9.17) is 14.2 Å². The molecule has 0 saturated heterocycles. The maximum absolute atomic E-state index is 12.8. The van der Waals surface area contributed by atoms with Crippen molar-refractivity contribution in [1.29, 1.82) is 0 Å². The average molecular weight is 458 g/mol. The zero-order valence-electron chi connectivity index (χ0n) is 16.1. The normalized spacial score (nSPS) is 13.2. The van der Waals surface area contributed by atoms with Crippen LogP contribution in [0.5, 0.6) is 11.5 Å². The number of esters is 1. The number of carbonyl (C=O) groups is 1. The van der Waals surface area contributed by atoms with Crippen LogP contribution in [0.15, 0.2) is 46.9 Å². The van der Waals surface area contributed by atoms with Crippen molar-refractivity contribution in [2.45, 2.75) is 25.4 Å². The molecule has 3 aromatic rings. The van der Waals surface area contributed by atoms with E-state index in [1.54, 1.807) is 25.0 Å². The zero-order valence-corrected chi connectivity index (χ0v) is 17.7. The monoisotopic (exact) mass is 457 g/mol. The molecule has 1 saturated carbocycles. The number of benzene rings is 2. The molecule has 150 valence electrons. The molecule has 0 spiro atoms. The summed E-state index contributed by atoms with van der Waals surface area (Å²) in [6.45, 7) is 0.0715. The molecule has 1 aromatic heterocycles. The van der Waals surface area contributed by atoms with Gasteiger partial charge in [-0.15, -0.1) is 5.10 Å². The number of rotatable bonds is 7. The van der Waals surface area contributed by atoms with Crippen LogP contribution in [0.25, 0.3) is 5.69 Å². The van der Waals surface area contributed by atoms with Gasteiger partial charge in [-0.3, -0.25) is 0 Å². The molecule has 1 fully saturated rings. The number of halogens is 1. The summed E-state index contributed by atoms with van der Waals surface area (Å²) in [6.07, 6.45) is 2.03. The van der Waals surface area contributed by atoms with Crippen LogP contribution < -0.4 is 9.47 Å². The molecule has 29 heavy (non-hydrogen) atoms. The Morgan fingerprint density at radius 1 is 1.14 bits per heavy atom. The van der Waals surface area contributed by atoms with Crippen molar-refractivity contribution in [2.24, 2.45) is 0 Å². The molecule has 8 heteroatoms. The minimum Gasteiger partial charge on any atom is -0.493 e. The molecule has 1 heterocycles. The van der Waals surface area contributed by atoms with Gasteiger partial charge in [-0.2, -0.15) is 0 Å². The fourth-order valence-electron chi connectivity index (χ4n) is 3.17. The third-order valence-electron chi connectivity index (χ3n) is 4.79. The third kappa shape index (κ3) is 3.85. The molecule has 1 aliphatic carbocycles. The molecule has 0 amide bonds. The molecule has 0 radical (unpaired) electrons. The van der Waals surface area contributed by atoms with E-state index in [0.717, 1.165) is 29.8 Å². The second kappa shape index (κ2) is 8.24. The van der Waals surface area contributed by atoms with Gasteiger partial charge in [0.2, 0.25) is 0 Å². The first-order valence-corrected chi connectivity index (χ1v) is 10.0. The summed E-state index contributed by atoms with van der Waals surface area (Å²) in [5, 5.41) is 8.34. The summed E-state index contributed by atoms with van der Waals surface area (Å²) in [5.74, 6) is 0.933. The maximum atomic E-state index is 12.8. The first kappa shape index (κ1) is 19.4. The van der Waals surface area contributed by atoms with Crippen molar-refractivity contribution < 1.29 is 19.0 Å². The van der Waals surface area contributed by atoms with E-state index in [0.29, 0.717) is 16.0 Å². The topological polar surface area (TPSA) is 75.5 Å². The quantitative estimate of drug-likeness (QED) is 0.492. The van der Waals surface area contributed by atoms with Crippen LogP contribution in [0.2, 0.25) is 0 Å². The van der Waals surface area contributed by atoms with E-state index >= 15 is 0 Å². The Balaban J connectivity index is 1.57. The summed E-state index contributed by atoms with van der Waals surface area (Å²) in [6, 6.07) is 13.3. The van der Waals surface area contributed by atoms with Crippen LogP contribution in [-0.4, -0.2) is 35.2 Å². The van der Waals surface area contributed by atoms with Crippen molar-refractivity contribution >= 4 is 21.9 Å². The highest BCUT2D eigenvalue weighted by atomic mass is 79.9. The smallest absolute Gasteiger partial charge is 0.361 e. The summed E-state index contributed by atoms with van der Waals surface area (Å²) in [5.41, 5.74) is 2.73. The van der Waals surface area contributed by atoms with Gasteiger partial charge in [0.15, 0.2) is 17.2 Å². The highest BCUT2D eigenvalue weighted by molar-refractivity contribution is 9.10. The zero-order chi connectivity index (χ0) is 20.4. The number of ether oxygens (including phenoxy) is 3. The predicted octanol–water partition coefficient (Wildman–Crippen LogP) is 4.28. The molecule has 4 rings (SSSR count). The largest absolute Gasteiger partial charge is 0.493 e. The minimum absolute atomic E-state index is 0.0715. The van der Waals surface area contributed by atoms with Gasteiger partial charge in [0.05, 0.1) is 30.1 Å². The van der Waals surface area contributed by atoms with Gasteiger partial charge in [0, 0.05) is 11.5 Å². The van der Waals surface area contributed by atoms with Crippen molar-refractivity contribution in [3.63, 3.8) is 0 Å². The lowest BCUT2D eigenvalue weighted by Gasteiger charge is -2.13. The average Bonchev–Trinajstić information content (AvgIpc) is 3.50. The standard InChI is InChI=1S/C21H20BrN3O4/c1-27-16-11-10-14(17(22)20(16)28-2)12-29-21(26)18-19(13-8-9-13)25(24-23-18)15-6-4-3-5-7-15/h3-7,10-11,13H,8-9,12H2,1-2H3. The van der Waals surface area contributed by atoms with Crippen LogP contribution in [0.1, 0.15) is 40.5 Å². The summed E-state index contributed by atoms with van der Waals surface area (Å²) >= 11 is 3.49. The molecule has 0 atom stereocenters. The van der Waals surface area contributed by atoms with Gasteiger partial charge in [-0.25, -0.2) is 9.48 Å². The van der Waals surface area contributed by atoms with Gasteiger partial charge in [-0.05, 0) is 47.0 Å². The van der Waals surface area contributed by atoms with Gasteiger partial charge in [0.1, 0.15) is 6.61 Å². The van der Waals surface area contributed by atoms with Gasteiger partial charge < -0.3 is 14.2 Å². The highest BCUT2D eigenvalue weighted by Crippen LogP contribution is 2.42. The molecular formula is C21H20BrN3O4. The van der Waals surface area contributed by atoms with Crippen LogP contribution >= 0.6 is 15.9 Å². The van der Waals surface area contributed by atoms with Crippen LogP contribution in [0.3, 0.4) is 0 Å². The number of nitrogens with zero attached hydrogens (tertiary/aromatic N) is 3. The van der Waals surface area contributed by atoms with E-state index in [-0.39, 0.29) is 18.2 Å². The molecule has 0 aliphatic heterocycles. The fourth-order valence-corrected chi connectivity index (χ4v) is 3.77. The number of para-hydroxylation sites is 1. The molecule has 0 unspecified atom stereocenters. The number of hydrogen-bond donors (Lipinski definition) is 0. The Morgan fingerprint density at radius 2 is 1.90 bits per heavy atom. The molecule has 7 nitrogen and oxygen atoms in total. The molecule has 1 aliphatic rings. The summed E-state index contributed by atoms with van der Waals surface area (Å²) in [7, 11) is 3.13. The number of methoxy groups -OCH3 is 2. The Hall–Kier alpha value is -2.87. The SMILES string of the molecule is COc1ccc(COC(=O)c2nnn(-c3ccccc3)c2C2CC2)c(Br)c1OC. The maximum Gasteiger partial charge on any atom is 0.361 e. The Labute approximate surface area is 176 Å². The van der Waals surface area contributed by atoms with E-state index in [1.165, 1.54) is 0 Å². The van der Waals surface area contributed by atoms with E-state index in [2.05, 4.69) is 26.2 Å². The van der Waals surface area contributed by atoms with E-state index in [9.17, 15) is 4.79 Å². The second-order valence-corrected chi connectivity index (χ2v) is 7.49. The lowest BCUT2D eigenvalue weighted by atomic mass is 10.2. The van der Waals surface area contributed by atoms with Gasteiger partial charge in [-0.1, -0.05) is 29.5 Å². The number of hydrogen-bond acceptors (Lipinski definition) is 6. The summed E-state index contributed by atoms with van der Waals surface area (Å²) in [4.78, 5) is 12.8. The van der Waals surface area contributed by atoms with Crippen LogP contribution in [0, 0.1) is 0 Å². The van der Waals surface area contributed by atoms with Crippen molar-refractivity contribution in [1.82, 2.24) is 15.0 Å². The van der Waals surface area contributed by atoms with E-state index in [1.807, 2.05) is 36.4 Å². The van der Waals surface area contributed by atoms with Gasteiger partial charge in [0.25, 0.3) is 0 Å².